The molecule has 1 aliphatic carbocycles. The maximum absolute atomic E-state index is 12.6. The van der Waals surface area contributed by atoms with Crippen molar-refractivity contribution in [1.82, 2.24) is 0 Å². The van der Waals surface area contributed by atoms with Crippen LogP contribution in [0.5, 0.6) is 0 Å². The van der Waals surface area contributed by atoms with Crippen LogP contribution in [0, 0.1) is 11.8 Å². The Morgan fingerprint density at radius 1 is 1.15 bits per heavy atom. The Hall–Kier alpha value is -1.67. The van der Waals surface area contributed by atoms with Crippen molar-refractivity contribution in [1.29, 1.82) is 0 Å². The van der Waals surface area contributed by atoms with E-state index < -0.39 is 5.60 Å². The topological polar surface area (TPSA) is 26.3 Å². The molecular formula is C18H20O2. The van der Waals surface area contributed by atoms with Crippen molar-refractivity contribution in [2.75, 3.05) is 0 Å². The van der Waals surface area contributed by atoms with Crippen molar-refractivity contribution in [3.8, 4) is 0 Å². The highest BCUT2D eigenvalue weighted by Crippen LogP contribution is 2.44. The van der Waals surface area contributed by atoms with Gasteiger partial charge in [-0.05, 0) is 11.5 Å². The minimum Gasteiger partial charge on any atom is -0.361 e. The molecule has 1 aromatic rings. The van der Waals surface area contributed by atoms with Crippen molar-refractivity contribution < 1.29 is 9.53 Å². The van der Waals surface area contributed by atoms with Crippen LogP contribution in [0.1, 0.15) is 25.8 Å². The van der Waals surface area contributed by atoms with Crippen LogP contribution in [-0.4, -0.2) is 11.9 Å². The van der Waals surface area contributed by atoms with Gasteiger partial charge < -0.3 is 4.74 Å². The van der Waals surface area contributed by atoms with Gasteiger partial charge in [0.05, 0.1) is 12.0 Å². The molecule has 0 amide bonds. The number of benzene rings is 1. The summed E-state index contributed by atoms with van der Waals surface area (Å²) in [7, 11) is 0. The van der Waals surface area contributed by atoms with Crippen molar-refractivity contribution in [3.63, 3.8) is 0 Å². The average Bonchev–Trinajstić information content (AvgIpc) is 2.48. The molecule has 0 bridgehead atoms. The smallest absolute Gasteiger partial charge is 0.145 e. The number of rotatable bonds is 2. The molecule has 1 aromatic carbocycles. The van der Waals surface area contributed by atoms with Gasteiger partial charge in [-0.15, -0.1) is 0 Å². The lowest BCUT2D eigenvalue weighted by atomic mass is 9.73. The van der Waals surface area contributed by atoms with E-state index in [-0.39, 0.29) is 23.7 Å². The van der Waals surface area contributed by atoms with Crippen LogP contribution in [0.3, 0.4) is 0 Å². The van der Waals surface area contributed by atoms with Gasteiger partial charge >= 0.3 is 0 Å². The summed E-state index contributed by atoms with van der Waals surface area (Å²) >= 11 is 0. The monoisotopic (exact) mass is 268 g/mol. The van der Waals surface area contributed by atoms with Gasteiger partial charge in [-0.3, -0.25) is 4.79 Å². The summed E-state index contributed by atoms with van der Waals surface area (Å²) in [4.78, 5) is 12.6. The lowest BCUT2D eigenvalue weighted by Gasteiger charge is -2.46. The van der Waals surface area contributed by atoms with E-state index in [1.165, 1.54) is 0 Å². The van der Waals surface area contributed by atoms with Crippen LogP contribution in [0.15, 0.2) is 54.6 Å². The molecule has 1 saturated heterocycles. The normalized spacial score (nSPS) is 32.5. The number of carbonyl (C=O) groups is 1. The van der Waals surface area contributed by atoms with Gasteiger partial charge in [-0.25, -0.2) is 0 Å². The number of fused-ring (bicyclic) bond motifs is 1. The molecular weight excluding hydrogens is 248 g/mol. The molecule has 1 fully saturated rings. The summed E-state index contributed by atoms with van der Waals surface area (Å²) in [6.45, 7) is 4.26. The van der Waals surface area contributed by atoms with Crippen LogP contribution >= 0.6 is 0 Å². The lowest BCUT2D eigenvalue weighted by molar-refractivity contribution is -0.172. The fourth-order valence-electron chi connectivity index (χ4n) is 3.21. The van der Waals surface area contributed by atoms with Gasteiger partial charge in [0, 0.05) is 6.42 Å². The zero-order chi connectivity index (χ0) is 14.2. The van der Waals surface area contributed by atoms with E-state index >= 15 is 0 Å². The molecule has 3 unspecified atom stereocenters. The summed E-state index contributed by atoms with van der Waals surface area (Å²) in [5.74, 6) is 0.407. The van der Waals surface area contributed by atoms with E-state index in [4.69, 9.17) is 4.74 Å². The first-order chi connectivity index (χ1) is 9.63. The zero-order valence-electron chi connectivity index (χ0n) is 12.0. The highest BCUT2D eigenvalue weighted by molar-refractivity contribution is 5.86. The maximum atomic E-state index is 12.6. The van der Waals surface area contributed by atoms with Crippen LogP contribution < -0.4 is 0 Å². The molecule has 104 valence electrons. The number of ether oxygens (including phenoxy) is 1. The third kappa shape index (κ3) is 2.04. The minimum atomic E-state index is -0.505. The van der Waals surface area contributed by atoms with Gasteiger partial charge in [0.2, 0.25) is 0 Å². The molecule has 0 aromatic heterocycles. The third-order valence-corrected chi connectivity index (χ3v) is 4.43. The Balaban J connectivity index is 2.03. The van der Waals surface area contributed by atoms with Crippen molar-refractivity contribution in [2.24, 2.45) is 11.8 Å². The summed E-state index contributed by atoms with van der Waals surface area (Å²) in [5, 5.41) is 0. The largest absolute Gasteiger partial charge is 0.361 e. The highest BCUT2D eigenvalue weighted by atomic mass is 16.5. The molecule has 0 radical (unpaired) electrons. The molecule has 1 heterocycles. The standard InChI is InChI=1S/C18H20O2/c1-13(2)18(14-8-4-3-5-9-14)12-16(19)15-10-6-7-11-17(15)20-18/h3-11,13,15,17H,12H2,1-2H3. The van der Waals surface area contributed by atoms with Crippen LogP contribution in [0.25, 0.3) is 0 Å². The predicted octanol–water partition coefficient (Wildman–Crippen LogP) is 3.64. The molecule has 0 saturated carbocycles. The van der Waals surface area contributed by atoms with E-state index in [0.717, 1.165) is 5.56 Å². The zero-order valence-corrected chi connectivity index (χ0v) is 12.0. The Morgan fingerprint density at radius 3 is 2.55 bits per heavy atom. The number of allylic oxidation sites excluding steroid dienone is 2. The minimum absolute atomic E-state index is 0.115. The van der Waals surface area contributed by atoms with Crippen molar-refractivity contribution in [2.45, 2.75) is 32.0 Å². The number of carbonyl (C=O) groups excluding carboxylic acids is 1. The Morgan fingerprint density at radius 2 is 1.85 bits per heavy atom. The molecule has 3 rings (SSSR count). The third-order valence-electron chi connectivity index (χ3n) is 4.43. The summed E-state index contributed by atoms with van der Waals surface area (Å²) < 4.78 is 6.44. The first-order valence-corrected chi connectivity index (χ1v) is 7.24. The van der Waals surface area contributed by atoms with E-state index in [1.807, 2.05) is 42.5 Å². The van der Waals surface area contributed by atoms with E-state index in [1.54, 1.807) is 0 Å². The van der Waals surface area contributed by atoms with Gasteiger partial charge in [0.25, 0.3) is 0 Å². The second-order valence-electron chi connectivity index (χ2n) is 5.93. The number of hydrogen-bond acceptors (Lipinski definition) is 2. The fraction of sp³-hybridized carbons (Fsp3) is 0.389. The number of hydrogen-bond donors (Lipinski definition) is 0. The van der Waals surface area contributed by atoms with Gasteiger partial charge in [0.1, 0.15) is 11.4 Å². The fourth-order valence-corrected chi connectivity index (χ4v) is 3.21. The molecule has 2 aliphatic rings. The molecule has 0 spiro atoms. The molecule has 0 N–H and O–H groups in total. The number of ketones is 1. The first kappa shape index (κ1) is 13.3. The van der Waals surface area contributed by atoms with Gasteiger partial charge in [-0.1, -0.05) is 68.5 Å². The Labute approximate surface area is 120 Å². The average molecular weight is 268 g/mol. The van der Waals surface area contributed by atoms with E-state index in [2.05, 4.69) is 26.0 Å². The highest BCUT2D eigenvalue weighted by Gasteiger charge is 2.48. The molecule has 1 aliphatic heterocycles. The molecule has 3 atom stereocenters. The SMILES string of the molecule is CC(C)C1(c2ccccc2)CC(=O)C2C=CC=CC2O1. The quantitative estimate of drug-likeness (QED) is 0.818. The molecule has 2 heteroatoms. The summed E-state index contributed by atoms with van der Waals surface area (Å²) in [6, 6.07) is 10.1. The van der Waals surface area contributed by atoms with Crippen LogP contribution in [0.4, 0.5) is 0 Å². The second kappa shape index (κ2) is 5.02. The molecule has 2 nitrogen and oxygen atoms in total. The maximum Gasteiger partial charge on any atom is 0.145 e. The molecule has 20 heavy (non-hydrogen) atoms. The lowest BCUT2D eigenvalue weighted by Crippen LogP contribution is -2.50. The van der Waals surface area contributed by atoms with Gasteiger partial charge in [-0.2, -0.15) is 0 Å². The van der Waals surface area contributed by atoms with E-state index in [9.17, 15) is 4.79 Å². The van der Waals surface area contributed by atoms with Crippen LogP contribution in [0.2, 0.25) is 0 Å². The Bertz CT molecular complexity index is 556. The first-order valence-electron chi connectivity index (χ1n) is 7.24. The Kier molecular flexibility index (Phi) is 3.35. The number of Topliss-reactive ketones (excluding diaryl/α,β-unsaturated/α-hetero) is 1. The summed E-state index contributed by atoms with van der Waals surface area (Å²) in [5.41, 5.74) is 0.597. The van der Waals surface area contributed by atoms with E-state index in [0.29, 0.717) is 6.42 Å². The predicted molar refractivity (Wildman–Crippen MR) is 79.2 cm³/mol. The van der Waals surface area contributed by atoms with Crippen molar-refractivity contribution >= 4 is 5.78 Å². The second-order valence-corrected chi connectivity index (χ2v) is 5.93. The van der Waals surface area contributed by atoms with Gasteiger partial charge in [0.15, 0.2) is 0 Å². The summed E-state index contributed by atoms with van der Waals surface area (Å²) in [6.07, 6.45) is 8.19. The van der Waals surface area contributed by atoms with Crippen LogP contribution in [-0.2, 0) is 15.1 Å². The van der Waals surface area contributed by atoms with Crippen molar-refractivity contribution in [3.05, 3.63) is 60.2 Å².